The first-order valence-electron chi connectivity index (χ1n) is 9.56. The normalized spacial score (nSPS) is 19.0. The molecule has 2 aliphatic rings. The molecule has 1 saturated heterocycles. The van der Waals surface area contributed by atoms with E-state index in [1.54, 1.807) is 16.7 Å². The summed E-state index contributed by atoms with van der Waals surface area (Å²) < 4.78 is 5.62. The van der Waals surface area contributed by atoms with Crippen LogP contribution < -0.4 is 0 Å². The molecule has 2 heterocycles. The van der Waals surface area contributed by atoms with Crippen molar-refractivity contribution in [2.75, 3.05) is 5.75 Å². The van der Waals surface area contributed by atoms with E-state index in [1.807, 2.05) is 68.4 Å². The van der Waals surface area contributed by atoms with E-state index in [2.05, 4.69) is 4.99 Å². The molecule has 0 radical (unpaired) electrons. The molecule has 1 atom stereocenters. The maximum absolute atomic E-state index is 13.1. The number of thioether (sulfide) groups is 1. The zero-order valence-electron chi connectivity index (χ0n) is 16.4. The van der Waals surface area contributed by atoms with Crippen LogP contribution in [-0.4, -0.2) is 27.7 Å². The highest BCUT2D eigenvalue weighted by Crippen LogP contribution is 2.40. The summed E-state index contributed by atoms with van der Waals surface area (Å²) in [4.78, 5) is 32.1. The number of hydrogen-bond acceptors (Lipinski definition) is 5. The molecule has 1 amide bonds. The molecule has 0 saturated carbocycles. The zero-order chi connectivity index (χ0) is 20.4. The second-order valence-electron chi connectivity index (χ2n) is 7.13. The molecule has 2 aliphatic heterocycles. The summed E-state index contributed by atoms with van der Waals surface area (Å²) in [5.41, 5.74) is 3.93. The number of amidine groups is 1. The Morgan fingerprint density at radius 1 is 1.14 bits per heavy atom. The molecule has 148 valence electrons. The van der Waals surface area contributed by atoms with Gasteiger partial charge in [-0.1, -0.05) is 71.9 Å². The second-order valence-corrected chi connectivity index (χ2v) is 8.19. The topological polar surface area (TPSA) is 59.0 Å². The highest BCUT2D eigenvalue weighted by atomic mass is 32.2. The molecule has 6 heteroatoms. The van der Waals surface area contributed by atoms with Crippen molar-refractivity contribution < 1.29 is 14.3 Å². The van der Waals surface area contributed by atoms with Gasteiger partial charge in [0.2, 0.25) is 5.91 Å². The molecule has 4 rings (SSSR count). The predicted molar refractivity (Wildman–Crippen MR) is 114 cm³/mol. The van der Waals surface area contributed by atoms with Crippen LogP contribution in [0.2, 0.25) is 0 Å². The Morgan fingerprint density at radius 2 is 1.86 bits per heavy atom. The second kappa shape index (κ2) is 8.25. The number of fused-ring (bicyclic) bond motifs is 1. The van der Waals surface area contributed by atoms with Gasteiger partial charge in [-0.15, -0.1) is 0 Å². The zero-order valence-corrected chi connectivity index (χ0v) is 17.2. The number of nitrogens with zero attached hydrogens (tertiary/aromatic N) is 2. The molecule has 5 nitrogen and oxygen atoms in total. The fraction of sp³-hybridized carbons (Fsp3) is 0.261. The Morgan fingerprint density at radius 3 is 2.59 bits per heavy atom. The van der Waals surface area contributed by atoms with E-state index >= 15 is 0 Å². The predicted octanol–water partition coefficient (Wildman–Crippen LogP) is 4.39. The Labute approximate surface area is 174 Å². The highest BCUT2D eigenvalue weighted by molar-refractivity contribution is 8.14. The number of carbonyl (C=O) groups excluding carboxylic acids is 2. The number of aryl methyl sites for hydroxylation is 1. The number of carbonyl (C=O) groups is 2. The number of benzene rings is 2. The lowest BCUT2D eigenvalue weighted by Gasteiger charge is -2.38. The summed E-state index contributed by atoms with van der Waals surface area (Å²) in [6.45, 7) is 4.00. The van der Waals surface area contributed by atoms with Gasteiger partial charge in [0.1, 0.15) is 6.61 Å². The lowest BCUT2D eigenvalue weighted by molar-refractivity contribution is -0.141. The summed E-state index contributed by atoms with van der Waals surface area (Å²) in [5, 5.41) is 0.656. The van der Waals surface area contributed by atoms with Crippen LogP contribution in [0.3, 0.4) is 0 Å². The minimum absolute atomic E-state index is 0.0195. The average Bonchev–Trinajstić information content (AvgIpc) is 2.72. The number of amides is 1. The Balaban J connectivity index is 1.71. The molecule has 0 spiro atoms. The minimum atomic E-state index is -0.522. The van der Waals surface area contributed by atoms with Gasteiger partial charge in [0, 0.05) is 12.2 Å². The Bertz CT molecular complexity index is 997. The van der Waals surface area contributed by atoms with Crippen molar-refractivity contribution in [3.05, 3.63) is 82.6 Å². The van der Waals surface area contributed by atoms with Gasteiger partial charge in [-0.25, -0.2) is 9.79 Å². The highest BCUT2D eigenvalue weighted by Gasteiger charge is 2.41. The summed E-state index contributed by atoms with van der Waals surface area (Å²) in [7, 11) is 0. The van der Waals surface area contributed by atoms with Crippen molar-refractivity contribution in [2.45, 2.75) is 32.9 Å². The van der Waals surface area contributed by atoms with E-state index in [-0.39, 0.29) is 12.5 Å². The third-order valence-corrected chi connectivity index (χ3v) is 5.99. The van der Waals surface area contributed by atoms with Gasteiger partial charge in [0.15, 0.2) is 5.17 Å². The number of rotatable bonds is 4. The van der Waals surface area contributed by atoms with Crippen molar-refractivity contribution >= 4 is 28.8 Å². The van der Waals surface area contributed by atoms with E-state index in [1.165, 1.54) is 0 Å². The number of ether oxygens (including phenoxy) is 1. The first kappa shape index (κ1) is 19.5. The molecule has 2 aromatic rings. The molecular formula is C23H22N2O3S. The van der Waals surface area contributed by atoms with E-state index in [0.717, 1.165) is 16.7 Å². The standard InChI is InChI=1S/C23H22N2O3S/c1-15-8-10-18(11-9-15)21-20(22(27)28-14-17-6-4-3-5-7-17)16(2)24-23-25(21)19(26)12-13-29-23/h3-11,21H,12-14H2,1-2H3. The summed E-state index contributed by atoms with van der Waals surface area (Å²) in [6, 6.07) is 16.9. The first-order chi connectivity index (χ1) is 14.0. The maximum atomic E-state index is 13.1. The number of esters is 1. The molecular weight excluding hydrogens is 384 g/mol. The molecule has 0 bridgehead atoms. The average molecular weight is 407 g/mol. The van der Waals surface area contributed by atoms with Crippen molar-refractivity contribution in [1.82, 2.24) is 4.90 Å². The third-order valence-electron chi connectivity index (χ3n) is 5.03. The van der Waals surface area contributed by atoms with Crippen LogP contribution in [0.1, 0.15) is 36.1 Å². The molecule has 0 aromatic heterocycles. The van der Waals surface area contributed by atoms with Gasteiger partial charge >= 0.3 is 5.97 Å². The molecule has 29 heavy (non-hydrogen) atoms. The van der Waals surface area contributed by atoms with E-state index in [4.69, 9.17) is 4.74 Å². The number of aliphatic imine (C=N–C) groups is 1. The lowest BCUT2D eigenvalue weighted by atomic mass is 9.93. The maximum Gasteiger partial charge on any atom is 0.338 e. The van der Waals surface area contributed by atoms with Crippen LogP contribution in [0.15, 0.2) is 70.9 Å². The van der Waals surface area contributed by atoms with E-state index in [0.29, 0.717) is 28.6 Å². The SMILES string of the molecule is CC1=C(C(=O)OCc2ccccc2)C(c2ccc(C)cc2)N2C(=O)CCSC2=N1. The smallest absolute Gasteiger partial charge is 0.338 e. The van der Waals surface area contributed by atoms with Crippen LogP contribution in [0, 0.1) is 6.92 Å². The molecule has 2 aromatic carbocycles. The van der Waals surface area contributed by atoms with Gasteiger partial charge in [0.05, 0.1) is 17.3 Å². The van der Waals surface area contributed by atoms with Crippen molar-refractivity contribution in [1.29, 1.82) is 0 Å². The fourth-order valence-electron chi connectivity index (χ4n) is 3.52. The van der Waals surface area contributed by atoms with Gasteiger partial charge in [-0.05, 0) is 25.0 Å². The van der Waals surface area contributed by atoms with Crippen molar-refractivity contribution in [3.8, 4) is 0 Å². The minimum Gasteiger partial charge on any atom is -0.457 e. The Kier molecular flexibility index (Phi) is 5.53. The van der Waals surface area contributed by atoms with Crippen LogP contribution in [0.25, 0.3) is 0 Å². The quantitative estimate of drug-likeness (QED) is 0.707. The molecule has 1 unspecified atom stereocenters. The fourth-order valence-corrected chi connectivity index (χ4v) is 4.53. The number of hydrogen-bond donors (Lipinski definition) is 0. The molecule has 0 N–H and O–H groups in total. The van der Waals surface area contributed by atoms with Gasteiger partial charge < -0.3 is 4.74 Å². The largest absolute Gasteiger partial charge is 0.457 e. The molecule has 0 aliphatic carbocycles. The first-order valence-corrected chi connectivity index (χ1v) is 10.5. The monoisotopic (exact) mass is 406 g/mol. The number of allylic oxidation sites excluding steroid dienone is 1. The van der Waals surface area contributed by atoms with Crippen LogP contribution >= 0.6 is 11.8 Å². The van der Waals surface area contributed by atoms with Gasteiger partial charge in [-0.2, -0.15) is 0 Å². The van der Waals surface area contributed by atoms with Crippen molar-refractivity contribution in [3.63, 3.8) is 0 Å². The van der Waals surface area contributed by atoms with E-state index in [9.17, 15) is 9.59 Å². The van der Waals surface area contributed by atoms with Crippen LogP contribution in [0.4, 0.5) is 0 Å². The summed E-state index contributed by atoms with van der Waals surface area (Å²) in [5.74, 6) is 0.243. The lowest BCUT2D eigenvalue weighted by Crippen LogP contribution is -2.45. The molecule has 1 fully saturated rings. The van der Waals surface area contributed by atoms with E-state index < -0.39 is 12.0 Å². The van der Waals surface area contributed by atoms with Crippen LogP contribution in [0.5, 0.6) is 0 Å². The van der Waals surface area contributed by atoms with Crippen molar-refractivity contribution in [2.24, 2.45) is 4.99 Å². The third kappa shape index (κ3) is 3.98. The Hall–Kier alpha value is -2.86. The van der Waals surface area contributed by atoms with Gasteiger partial charge in [-0.3, -0.25) is 9.69 Å². The van der Waals surface area contributed by atoms with Gasteiger partial charge in [0.25, 0.3) is 0 Å². The van der Waals surface area contributed by atoms with Crippen LogP contribution in [-0.2, 0) is 20.9 Å². The summed E-state index contributed by atoms with van der Waals surface area (Å²) >= 11 is 1.55. The summed E-state index contributed by atoms with van der Waals surface area (Å²) in [6.07, 6.45) is 0.428.